The van der Waals surface area contributed by atoms with Gasteiger partial charge < -0.3 is 9.67 Å². The van der Waals surface area contributed by atoms with Crippen LogP contribution in [0.4, 0.5) is 5.69 Å². The van der Waals surface area contributed by atoms with Gasteiger partial charge in [0.2, 0.25) is 0 Å². The molecule has 0 saturated carbocycles. The molecule has 0 aliphatic rings. The highest BCUT2D eigenvalue weighted by Gasteiger charge is 2.00. The van der Waals surface area contributed by atoms with Crippen molar-refractivity contribution in [2.24, 2.45) is 4.99 Å². The molecule has 0 bridgehead atoms. The van der Waals surface area contributed by atoms with Crippen molar-refractivity contribution in [2.75, 3.05) is 6.61 Å². The topological polar surface area (TPSA) is 37.5 Å². The van der Waals surface area contributed by atoms with E-state index in [2.05, 4.69) is 4.99 Å². The summed E-state index contributed by atoms with van der Waals surface area (Å²) >= 11 is 7.39. The van der Waals surface area contributed by atoms with Crippen LogP contribution in [0.2, 0.25) is 5.02 Å². The maximum absolute atomic E-state index is 9.01. The fourth-order valence-electron chi connectivity index (χ4n) is 1.50. The number of nitrogens with zero attached hydrogens (tertiary/aromatic N) is 2. The molecule has 0 aliphatic carbocycles. The van der Waals surface area contributed by atoms with E-state index in [1.807, 2.05) is 41.1 Å². The monoisotopic (exact) mass is 268 g/mol. The molecule has 0 spiro atoms. The smallest absolute Gasteiger partial charge is 0.190 e. The molecule has 0 fully saturated rings. The number of rotatable bonds is 3. The number of aryl methyl sites for hydroxylation is 1. The molecule has 1 aromatic heterocycles. The van der Waals surface area contributed by atoms with E-state index >= 15 is 0 Å². The lowest BCUT2D eigenvalue weighted by atomic mass is 10.3. The first-order chi connectivity index (χ1) is 8.20. The summed E-state index contributed by atoms with van der Waals surface area (Å²) in [6, 6.07) is 7.38. The van der Waals surface area contributed by atoms with Gasteiger partial charge in [0, 0.05) is 22.6 Å². The number of aromatic nitrogens is 1. The number of benzene rings is 1. The van der Waals surface area contributed by atoms with Crippen LogP contribution in [0, 0.1) is 6.92 Å². The van der Waals surface area contributed by atoms with E-state index < -0.39 is 0 Å². The number of hydrogen-bond acceptors (Lipinski definition) is 3. The number of hydrogen-bond donors (Lipinski definition) is 1. The minimum absolute atomic E-state index is 0.116. The average Bonchev–Trinajstić information content (AvgIpc) is 2.65. The van der Waals surface area contributed by atoms with Crippen LogP contribution in [0.5, 0.6) is 0 Å². The average molecular weight is 269 g/mol. The van der Waals surface area contributed by atoms with Gasteiger partial charge in [-0.15, -0.1) is 11.3 Å². The van der Waals surface area contributed by atoms with Gasteiger partial charge >= 0.3 is 0 Å². The Morgan fingerprint density at radius 3 is 2.71 bits per heavy atom. The number of halogens is 1. The summed E-state index contributed by atoms with van der Waals surface area (Å²) in [4.78, 5) is 5.42. The lowest BCUT2D eigenvalue weighted by molar-refractivity contribution is 0.273. The summed E-state index contributed by atoms with van der Waals surface area (Å²) in [6.07, 6.45) is 0. The highest BCUT2D eigenvalue weighted by Crippen LogP contribution is 2.15. The second-order valence-electron chi connectivity index (χ2n) is 3.62. The molecule has 0 aliphatic heterocycles. The third-order valence-electron chi connectivity index (χ3n) is 2.37. The van der Waals surface area contributed by atoms with E-state index in [-0.39, 0.29) is 6.61 Å². The Balaban J connectivity index is 2.42. The first-order valence-corrected chi connectivity index (χ1v) is 6.52. The van der Waals surface area contributed by atoms with E-state index in [1.165, 1.54) is 0 Å². The first kappa shape index (κ1) is 12.4. The van der Waals surface area contributed by atoms with E-state index in [9.17, 15) is 0 Å². The van der Waals surface area contributed by atoms with Crippen LogP contribution in [0.3, 0.4) is 0 Å². The Labute approximate surface area is 109 Å². The minimum atomic E-state index is 0.116. The zero-order valence-electron chi connectivity index (χ0n) is 9.43. The van der Waals surface area contributed by atoms with Crippen molar-refractivity contribution in [1.82, 2.24) is 4.57 Å². The highest BCUT2D eigenvalue weighted by molar-refractivity contribution is 7.07. The summed E-state index contributed by atoms with van der Waals surface area (Å²) < 4.78 is 2.00. The van der Waals surface area contributed by atoms with Gasteiger partial charge in [0.15, 0.2) is 4.80 Å². The van der Waals surface area contributed by atoms with Crippen LogP contribution in [0.25, 0.3) is 0 Å². The molecular weight excluding hydrogens is 256 g/mol. The van der Waals surface area contributed by atoms with Gasteiger partial charge in [-0.05, 0) is 31.2 Å². The van der Waals surface area contributed by atoms with Crippen molar-refractivity contribution in [3.8, 4) is 0 Å². The van der Waals surface area contributed by atoms with E-state index in [4.69, 9.17) is 16.7 Å². The standard InChI is InChI=1S/C12H13ClN2OS/c1-9-8-17-12(15(9)6-7-16)14-11-4-2-10(13)3-5-11/h2-5,8,16H,6-7H2,1H3. The molecule has 1 aromatic carbocycles. The maximum Gasteiger partial charge on any atom is 0.190 e. The lowest BCUT2D eigenvalue weighted by Gasteiger charge is -2.02. The number of aliphatic hydroxyl groups excluding tert-OH is 1. The summed E-state index contributed by atoms with van der Waals surface area (Å²) in [5, 5.41) is 11.7. The predicted octanol–water partition coefficient (Wildman–Crippen LogP) is 2.74. The zero-order chi connectivity index (χ0) is 12.3. The lowest BCUT2D eigenvalue weighted by Crippen LogP contribution is -2.17. The molecule has 0 amide bonds. The predicted molar refractivity (Wildman–Crippen MR) is 70.8 cm³/mol. The fraction of sp³-hybridized carbons (Fsp3) is 0.250. The van der Waals surface area contributed by atoms with Gasteiger partial charge in [0.25, 0.3) is 0 Å². The number of thiazole rings is 1. The normalized spacial score (nSPS) is 12.1. The molecular formula is C12H13ClN2OS. The van der Waals surface area contributed by atoms with Gasteiger partial charge in [0.05, 0.1) is 12.3 Å². The second kappa shape index (κ2) is 5.49. The van der Waals surface area contributed by atoms with Crippen LogP contribution in [0.1, 0.15) is 5.69 Å². The SMILES string of the molecule is Cc1csc(=Nc2ccc(Cl)cc2)n1CCO. The van der Waals surface area contributed by atoms with Crippen molar-refractivity contribution >= 4 is 28.6 Å². The molecule has 5 heteroatoms. The van der Waals surface area contributed by atoms with Crippen LogP contribution in [0.15, 0.2) is 34.6 Å². The van der Waals surface area contributed by atoms with Crippen molar-refractivity contribution in [3.63, 3.8) is 0 Å². The van der Waals surface area contributed by atoms with E-state index in [1.54, 1.807) is 11.3 Å². The van der Waals surface area contributed by atoms with Crippen LogP contribution >= 0.6 is 22.9 Å². The van der Waals surface area contributed by atoms with Crippen molar-refractivity contribution in [1.29, 1.82) is 0 Å². The molecule has 0 unspecified atom stereocenters. The summed E-state index contributed by atoms with van der Waals surface area (Å²) in [5.74, 6) is 0. The summed E-state index contributed by atoms with van der Waals surface area (Å²) in [7, 11) is 0. The van der Waals surface area contributed by atoms with Crippen molar-refractivity contribution in [2.45, 2.75) is 13.5 Å². The Bertz CT molecular complexity index is 557. The molecule has 1 heterocycles. The Hall–Kier alpha value is -1.10. The molecule has 17 heavy (non-hydrogen) atoms. The Morgan fingerprint density at radius 1 is 1.35 bits per heavy atom. The molecule has 3 nitrogen and oxygen atoms in total. The van der Waals surface area contributed by atoms with Gasteiger partial charge in [-0.25, -0.2) is 4.99 Å². The molecule has 2 rings (SSSR count). The van der Waals surface area contributed by atoms with Crippen molar-refractivity contribution < 1.29 is 5.11 Å². The first-order valence-electron chi connectivity index (χ1n) is 5.27. The molecule has 0 radical (unpaired) electrons. The molecule has 1 N–H and O–H groups in total. The Kier molecular flexibility index (Phi) is 3.99. The summed E-state index contributed by atoms with van der Waals surface area (Å²) in [6.45, 7) is 2.69. The van der Waals surface area contributed by atoms with E-state index in [0.29, 0.717) is 11.6 Å². The van der Waals surface area contributed by atoms with Crippen LogP contribution in [-0.2, 0) is 6.54 Å². The number of aliphatic hydroxyl groups is 1. The van der Waals surface area contributed by atoms with Gasteiger partial charge in [-0.2, -0.15) is 0 Å². The largest absolute Gasteiger partial charge is 0.395 e. The fourth-order valence-corrected chi connectivity index (χ4v) is 2.55. The maximum atomic E-state index is 9.01. The molecule has 2 aromatic rings. The molecule has 0 saturated heterocycles. The second-order valence-corrected chi connectivity index (χ2v) is 4.90. The zero-order valence-corrected chi connectivity index (χ0v) is 11.0. The minimum Gasteiger partial charge on any atom is -0.395 e. The highest BCUT2D eigenvalue weighted by atomic mass is 35.5. The molecule has 0 atom stereocenters. The summed E-state index contributed by atoms with van der Waals surface area (Å²) in [5.41, 5.74) is 1.97. The van der Waals surface area contributed by atoms with E-state index in [0.717, 1.165) is 16.2 Å². The third-order valence-corrected chi connectivity index (χ3v) is 3.60. The van der Waals surface area contributed by atoms with Gasteiger partial charge in [0.1, 0.15) is 0 Å². The van der Waals surface area contributed by atoms with Gasteiger partial charge in [-0.1, -0.05) is 11.6 Å². The van der Waals surface area contributed by atoms with Crippen LogP contribution in [-0.4, -0.2) is 16.3 Å². The quantitative estimate of drug-likeness (QED) is 0.913. The van der Waals surface area contributed by atoms with Gasteiger partial charge in [-0.3, -0.25) is 0 Å². The third kappa shape index (κ3) is 2.97. The van der Waals surface area contributed by atoms with Crippen molar-refractivity contribution in [3.05, 3.63) is 45.2 Å². The molecule has 90 valence electrons. The Morgan fingerprint density at radius 2 is 2.06 bits per heavy atom. The van der Waals surface area contributed by atoms with Crippen LogP contribution < -0.4 is 4.80 Å².